The second kappa shape index (κ2) is 3.82. The van der Waals surface area contributed by atoms with Gasteiger partial charge in [0.15, 0.2) is 10.2 Å². The molecule has 0 bridgehead atoms. The molecular formula is C7H4BrFO2S. The van der Waals surface area contributed by atoms with Crippen LogP contribution < -0.4 is 4.74 Å². The smallest absolute Gasteiger partial charge is 0.336 e. The van der Waals surface area contributed by atoms with E-state index >= 15 is 0 Å². The lowest BCUT2D eigenvalue weighted by Crippen LogP contribution is -2.00. The van der Waals surface area contributed by atoms with Gasteiger partial charge in [0.1, 0.15) is 0 Å². The topological polar surface area (TPSA) is 26.3 Å². The lowest BCUT2D eigenvalue weighted by Gasteiger charge is -1.92. The Morgan fingerprint density at radius 1 is 1.83 bits per heavy atom. The molecule has 0 fully saturated rings. The molecule has 1 aromatic rings. The molecule has 0 spiro atoms. The first-order valence-corrected chi connectivity index (χ1v) is 4.53. The number of esters is 1. The monoisotopic (exact) mass is 250 g/mol. The summed E-state index contributed by atoms with van der Waals surface area (Å²) in [6.07, 6.45) is 1.02. The molecule has 0 radical (unpaired) electrons. The Labute approximate surface area is 80.8 Å². The predicted octanol–water partition coefficient (Wildman–Crippen LogP) is 2.74. The Morgan fingerprint density at radius 2 is 2.50 bits per heavy atom. The van der Waals surface area contributed by atoms with Crippen molar-refractivity contribution in [2.75, 3.05) is 0 Å². The summed E-state index contributed by atoms with van der Waals surface area (Å²) in [5.74, 6) is -0.594. The first-order valence-electron chi connectivity index (χ1n) is 2.92. The Balaban J connectivity index is 2.76. The van der Waals surface area contributed by atoms with E-state index < -0.39 is 11.1 Å². The highest BCUT2D eigenvalue weighted by Crippen LogP contribution is 2.31. The van der Waals surface area contributed by atoms with E-state index in [0.717, 1.165) is 17.4 Å². The fourth-order valence-electron chi connectivity index (χ4n) is 0.518. The van der Waals surface area contributed by atoms with Gasteiger partial charge in [0.2, 0.25) is 0 Å². The van der Waals surface area contributed by atoms with Gasteiger partial charge >= 0.3 is 5.97 Å². The zero-order valence-corrected chi connectivity index (χ0v) is 8.24. The maximum Gasteiger partial charge on any atom is 0.336 e. The van der Waals surface area contributed by atoms with E-state index in [1.54, 1.807) is 0 Å². The van der Waals surface area contributed by atoms with E-state index in [9.17, 15) is 9.18 Å². The van der Waals surface area contributed by atoms with E-state index in [0.29, 0.717) is 4.47 Å². The predicted molar refractivity (Wildman–Crippen MR) is 47.8 cm³/mol. The normalized spacial score (nSPS) is 9.50. The molecule has 0 aliphatic heterocycles. The van der Waals surface area contributed by atoms with Crippen LogP contribution in [0.25, 0.3) is 0 Å². The molecule has 0 aliphatic carbocycles. The summed E-state index contributed by atoms with van der Waals surface area (Å²) < 4.78 is 17.6. The molecule has 0 saturated heterocycles. The Kier molecular flexibility index (Phi) is 2.99. The zero-order chi connectivity index (χ0) is 9.14. The van der Waals surface area contributed by atoms with Crippen molar-refractivity contribution in [2.45, 2.75) is 0 Å². The number of carbonyl (C=O) groups excluding carboxylic acids is 1. The third-order valence-corrected chi connectivity index (χ3v) is 2.63. The van der Waals surface area contributed by atoms with Gasteiger partial charge in [-0.2, -0.15) is 4.39 Å². The molecular weight excluding hydrogens is 247 g/mol. The number of rotatable bonds is 2. The average Bonchev–Trinajstić information content (AvgIpc) is 2.31. The van der Waals surface area contributed by atoms with Crippen LogP contribution in [0.2, 0.25) is 0 Å². The van der Waals surface area contributed by atoms with Crippen molar-refractivity contribution in [2.24, 2.45) is 0 Å². The fourth-order valence-corrected chi connectivity index (χ4v) is 1.75. The minimum atomic E-state index is -0.594. The van der Waals surface area contributed by atoms with Gasteiger partial charge in [-0.3, -0.25) is 0 Å². The SMILES string of the molecule is C=CC(=O)Oc1cc(Br)c(F)s1. The molecule has 0 aromatic carbocycles. The fraction of sp³-hybridized carbons (Fsp3) is 0. The molecule has 5 heteroatoms. The second-order valence-corrected chi connectivity index (χ2v) is 3.63. The van der Waals surface area contributed by atoms with Gasteiger partial charge in [-0.25, -0.2) is 4.79 Å². The Bertz CT molecular complexity index is 302. The maximum absolute atomic E-state index is 12.6. The maximum atomic E-state index is 12.6. The molecule has 64 valence electrons. The van der Waals surface area contributed by atoms with Crippen LogP contribution in [0.4, 0.5) is 4.39 Å². The third kappa shape index (κ3) is 2.15. The second-order valence-electron chi connectivity index (χ2n) is 1.81. The Morgan fingerprint density at radius 3 is 2.92 bits per heavy atom. The number of hydrogen-bond donors (Lipinski definition) is 0. The van der Waals surface area contributed by atoms with Crippen molar-refractivity contribution < 1.29 is 13.9 Å². The number of carbonyl (C=O) groups is 1. The molecule has 12 heavy (non-hydrogen) atoms. The minimum Gasteiger partial charge on any atom is -0.412 e. The van der Waals surface area contributed by atoms with Crippen molar-refractivity contribution in [1.29, 1.82) is 0 Å². The average molecular weight is 251 g/mol. The van der Waals surface area contributed by atoms with Crippen molar-refractivity contribution in [3.05, 3.63) is 28.3 Å². The Hall–Kier alpha value is -0.680. The van der Waals surface area contributed by atoms with Crippen molar-refractivity contribution in [3.8, 4) is 5.06 Å². The quantitative estimate of drug-likeness (QED) is 0.596. The van der Waals surface area contributed by atoms with Crippen molar-refractivity contribution in [1.82, 2.24) is 0 Å². The molecule has 1 aromatic heterocycles. The molecule has 0 amide bonds. The summed E-state index contributed by atoms with van der Waals surface area (Å²) in [7, 11) is 0. The highest BCUT2D eigenvalue weighted by molar-refractivity contribution is 9.10. The summed E-state index contributed by atoms with van der Waals surface area (Å²) in [6, 6.07) is 1.39. The van der Waals surface area contributed by atoms with Crippen LogP contribution in [0.3, 0.4) is 0 Å². The first-order chi connectivity index (χ1) is 5.63. The molecule has 0 aliphatic rings. The number of thiophene rings is 1. The standard InChI is InChI=1S/C7H4BrFO2S/c1-2-5(10)11-6-3-4(8)7(9)12-6/h2-3H,1H2. The number of ether oxygens (including phenoxy) is 1. The van der Waals surface area contributed by atoms with Crippen molar-refractivity contribution in [3.63, 3.8) is 0 Å². The van der Waals surface area contributed by atoms with Crippen LogP contribution in [0.15, 0.2) is 23.2 Å². The lowest BCUT2D eigenvalue weighted by molar-refractivity contribution is -0.128. The summed E-state index contributed by atoms with van der Waals surface area (Å²) in [6.45, 7) is 3.21. The van der Waals surface area contributed by atoms with Gasteiger partial charge in [0, 0.05) is 12.1 Å². The molecule has 1 heterocycles. The van der Waals surface area contributed by atoms with Crippen molar-refractivity contribution >= 4 is 33.2 Å². The summed E-state index contributed by atoms with van der Waals surface area (Å²) >= 11 is 3.70. The van der Waals surface area contributed by atoms with Crippen LogP contribution in [0.5, 0.6) is 5.06 Å². The molecule has 0 N–H and O–H groups in total. The van der Waals surface area contributed by atoms with Gasteiger partial charge in [-0.1, -0.05) is 17.9 Å². The number of hydrogen-bond acceptors (Lipinski definition) is 3. The minimum absolute atomic E-state index is 0.212. The highest BCUT2D eigenvalue weighted by atomic mass is 79.9. The van der Waals surface area contributed by atoms with Gasteiger partial charge in [-0.05, 0) is 15.9 Å². The van der Waals surface area contributed by atoms with E-state index in [1.807, 2.05) is 0 Å². The van der Waals surface area contributed by atoms with Gasteiger partial charge in [0.05, 0.1) is 4.47 Å². The van der Waals surface area contributed by atoms with Gasteiger partial charge in [0.25, 0.3) is 0 Å². The molecule has 1 rings (SSSR count). The zero-order valence-electron chi connectivity index (χ0n) is 5.84. The van der Waals surface area contributed by atoms with E-state index in [-0.39, 0.29) is 5.06 Å². The van der Waals surface area contributed by atoms with Crippen LogP contribution in [-0.2, 0) is 4.79 Å². The molecule has 0 saturated carbocycles. The van der Waals surface area contributed by atoms with Gasteiger partial charge in [-0.15, -0.1) is 0 Å². The summed E-state index contributed by atoms with van der Waals surface area (Å²) in [5.41, 5.74) is 0. The molecule has 0 unspecified atom stereocenters. The third-order valence-electron chi connectivity index (χ3n) is 0.990. The van der Waals surface area contributed by atoms with Gasteiger partial charge < -0.3 is 4.74 Å². The number of halogens is 2. The molecule has 0 atom stereocenters. The first kappa shape index (κ1) is 9.41. The van der Waals surface area contributed by atoms with Crippen LogP contribution in [0, 0.1) is 5.13 Å². The summed E-state index contributed by atoms with van der Waals surface area (Å²) in [4.78, 5) is 10.6. The van der Waals surface area contributed by atoms with E-state index in [1.165, 1.54) is 6.07 Å². The largest absolute Gasteiger partial charge is 0.412 e. The van der Waals surface area contributed by atoms with E-state index in [4.69, 9.17) is 0 Å². The highest BCUT2D eigenvalue weighted by Gasteiger charge is 2.08. The van der Waals surface area contributed by atoms with E-state index in [2.05, 4.69) is 27.2 Å². The lowest BCUT2D eigenvalue weighted by atomic mass is 10.6. The summed E-state index contributed by atoms with van der Waals surface area (Å²) in [5, 5.41) is -0.203. The van der Waals surface area contributed by atoms with Crippen LogP contribution >= 0.6 is 27.3 Å². The van der Waals surface area contributed by atoms with Crippen LogP contribution in [-0.4, -0.2) is 5.97 Å². The molecule has 2 nitrogen and oxygen atoms in total. The van der Waals surface area contributed by atoms with Crippen LogP contribution in [0.1, 0.15) is 0 Å².